The Balaban J connectivity index is 2.22. The number of benzene rings is 2. The van der Waals surface area contributed by atoms with Gasteiger partial charge in [-0.05, 0) is 43.2 Å². The van der Waals surface area contributed by atoms with Crippen LogP contribution in [-0.4, -0.2) is 19.2 Å². The second-order valence-electron chi connectivity index (χ2n) is 6.48. The van der Waals surface area contributed by atoms with E-state index in [-0.39, 0.29) is 6.04 Å². The number of anilines is 1. The molecular weight excluding hydrogens is 332 g/mol. The van der Waals surface area contributed by atoms with Gasteiger partial charge in [0.1, 0.15) is 0 Å². The maximum atomic E-state index is 11.5. The first kappa shape index (κ1) is 17.3. The first-order chi connectivity index (χ1) is 11.8. The van der Waals surface area contributed by atoms with E-state index in [0.29, 0.717) is 5.69 Å². The van der Waals surface area contributed by atoms with Gasteiger partial charge >= 0.3 is 0 Å². The van der Waals surface area contributed by atoms with Gasteiger partial charge in [-0.2, -0.15) is 0 Å². The predicted octanol–water partition coefficient (Wildman–Crippen LogP) is 4.90. The van der Waals surface area contributed by atoms with Gasteiger partial charge < -0.3 is 4.57 Å². The minimum atomic E-state index is -3.30. The molecule has 1 aromatic heterocycles. The third-order valence-corrected chi connectivity index (χ3v) is 4.73. The second-order valence-corrected chi connectivity index (χ2v) is 8.23. The molecule has 0 unspecified atom stereocenters. The van der Waals surface area contributed by atoms with Crippen LogP contribution in [0, 0.1) is 0 Å². The first-order valence-electron chi connectivity index (χ1n) is 8.14. The highest BCUT2D eigenvalue weighted by atomic mass is 32.2. The lowest BCUT2D eigenvalue weighted by atomic mass is 10.0. The van der Waals surface area contributed by atoms with Crippen molar-refractivity contribution in [1.29, 1.82) is 0 Å². The van der Waals surface area contributed by atoms with Crippen LogP contribution in [-0.2, 0) is 10.0 Å². The van der Waals surface area contributed by atoms with E-state index < -0.39 is 10.0 Å². The number of sulfonamides is 1. The van der Waals surface area contributed by atoms with Crippen LogP contribution >= 0.6 is 0 Å². The molecule has 1 N–H and O–H groups in total. The smallest absolute Gasteiger partial charge is 0.229 e. The Morgan fingerprint density at radius 2 is 1.92 bits per heavy atom. The third kappa shape index (κ3) is 3.61. The summed E-state index contributed by atoms with van der Waals surface area (Å²) in [5.41, 5.74) is 4.88. The van der Waals surface area contributed by atoms with Gasteiger partial charge in [0.25, 0.3) is 0 Å². The van der Waals surface area contributed by atoms with Crippen molar-refractivity contribution in [3.63, 3.8) is 0 Å². The van der Waals surface area contributed by atoms with Crippen molar-refractivity contribution >= 4 is 32.7 Å². The van der Waals surface area contributed by atoms with Crippen molar-refractivity contribution in [2.24, 2.45) is 0 Å². The fraction of sp³-hybridized carbons (Fsp3) is 0.200. The Morgan fingerprint density at radius 3 is 2.56 bits per heavy atom. The van der Waals surface area contributed by atoms with E-state index in [1.165, 1.54) is 0 Å². The van der Waals surface area contributed by atoms with Gasteiger partial charge in [0.2, 0.25) is 10.0 Å². The van der Waals surface area contributed by atoms with Crippen LogP contribution in [0.2, 0.25) is 0 Å². The lowest BCUT2D eigenvalue weighted by molar-refractivity contribution is 0.607. The summed E-state index contributed by atoms with van der Waals surface area (Å²) in [6, 6.07) is 14.1. The molecule has 0 fully saturated rings. The van der Waals surface area contributed by atoms with E-state index in [1.54, 1.807) is 6.07 Å². The lowest BCUT2D eigenvalue weighted by Gasteiger charge is -2.10. The normalized spacial score (nSPS) is 11.8. The summed E-state index contributed by atoms with van der Waals surface area (Å²) in [7, 11) is -3.30. The summed E-state index contributed by atoms with van der Waals surface area (Å²) >= 11 is 0. The zero-order valence-corrected chi connectivity index (χ0v) is 15.5. The van der Waals surface area contributed by atoms with Crippen LogP contribution in [0.5, 0.6) is 0 Å². The maximum absolute atomic E-state index is 11.5. The highest BCUT2D eigenvalue weighted by molar-refractivity contribution is 7.92. The molecule has 0 saturated carbocycles. The van der Waals surface area contributed by atoms with Gasteiger partial charge in [0, 0.05) is 23.2 Å². The average Bonchev–Trinajstić information content (AvgIpc) is 2.92. The molecule has 0 aliphatic heterocycles. The molecule has 0 bridgehead atoms. The Hall–Kier alpha value is -2.53. The van der Waals surface area contributed by atoms with Gasteiger partial charge in [-0.25, -0.2) is 8.42 Å². The van der Waals surface area contributed by atoms with E-state index in [9.17, 15) is 8.42 Å². The molecule has 25 heavy (non-hydrogen) atoms. The van der Waals surface area contributed by atoms with Gasteiger partial charge in [-0.3, -0.25) is 4.72 Å². The van der Waals surface area contributed by atoms with Crippen molar-refractivity contribution in [1.82, 2.24) is 4.57 Å². The highest BCUT2D eigenvalue weighted by Gasteiger charge is 2.14. The molecule has 0 atom stereocenters. The molecule has 3 rings (SSSR count). The van der Waals surface area contributed by atoms with Gasteiger partial charge in [-0.1, -0.05) is 36.9 Å². The number of hydrogen-bond donors (Lipinski definition) is 1. The van der Waals surface area contributed by atoms with Gasteiger partial charge in [0.05, 0.1) is 17.5 Å². The second kappa shape index (κ2) is 6.41. The minimum Gasteiger partial charge on any atom is -0.344 e. The van der Waals surface area contributed by atoms with Crippen LogP contribution in [0.3, 0.4) is 0 Å². The molecule has 2 aromatic carbocycles. The van der Waals surface area contributed by atoms with Crippen molar-refractivity contribution in [3.8, 4) is 11.1 Å². The van der Waals surface area contributed by atoms with E-state index in [4.69, 9.17) is 0 Å². The minimum absolute atomic E-state index is 0.257. The molecule has 0 amide bonds. The average molecular weight is 354 g/mol. The fourth-order valence-electron chi connectivity index (χ4n) is 3.02. The number of hydrogen-bond acceptors (Lipinski definition) is 2. The summed E-state index contributed by atoms with van der Waals surface area (Å²) in [6.45, 7) is 8.06. The lowest BCUT2D eigenvalue weighted by Crippen LogP contribution is -2.09. The summed E-state index contributed by atoms with van der Waals surface area (Å²) in [5.74, 6) is 0. The van der Waals surface area contributed by atoms with Crippen LogP contribution in [0.1, 0.15) is 25.5 Å². The highest BCUT2D eigenvalue weighted by Crippen LogP contribution is 2.34. The molecule has 0 aliphatic rings. The van der Waals surface area contributed by atoms with Crippen molar-refractivity contribution in [2.45, 2.75) is 19.9 Å². The summed E-state index contributed by atoms with van der Waals surface area (Å²) in [6.07, 6.45) is 5.12. The van der Waals surface area contributed by atoms with Crippen LogP contribution < -0.4 is 4.72 Å². The number of fused-ring (bicyclic) bond motifs is 1. The standard InChI is InChI=1S/C20H22N2O2S/c1-5-15-7-6-8-16(11-15)19-13-22(14(2)3)20-12-17(9-10-18(19)20)21-25(4,23)24/h5-14,21H,1H2,2-4H3. The predicted molar refractivity (Wildman–Crippen MR) is 106 cm³/mol. The maximum Gasteiger partial charge on any atom is 0.229 e. The van der Waals surface area contributed by atoms with Crippen LogP contribution in [0.15, 0.2) is 55.2 Å². The van der Waals surface area contributed by atoms with E-state index in [0.717, 1.165) is 33.8 Å². The SMILES string of the molecule is C=Cc1cccc(-c2cn(C(C)C)c3cc(NS(C)(=O)=O)ccc23)c1. The number of aromatic nitrogens is 1. The molecule has 0 aliphatic carbocycles. The zero-order chi connectivity index (χ0) is 18.2. The topological polar surface area (TPSA) is 51.1 Å². The molecule has 1 heterocycles. The molecule has 4 nitrogen and oxygen atoms in total. The van der Waals surface area contributed by atoms with Crippen LogP contribution in [0.25, 0.3) is 28.1 Å². The largest absolute Gasteiger partial charge is 0.344 e. The summed E-state index contributed by atoms with van der Waals surface area (Å²) < 4.78 is 27.8. The zero-order valence-electron chi connectivity index (χ0n) is 14.7. The Bertz CT molecular complexity index is 1050. The molecule has 130 valence electrons. The molecular formula is C20H22N2O2S. The van der Waals surface area contributed by atoms with Crippen molar-refractivity contribution in [2.75, 3.05) is 11.0 Å². The number of rotatable bonds is 5. The molecule has 0 radical (unpaired) electrons. The molecule has 0 saturated heterocycles. The van der Waals surface area contributed by atoms with E-state index in [2.05, 4.69) is 48.0 Å². The third-order valence-electron chi connectivity index (χ3n) is 4.13. The van der Waals surface area contributed by atoms with Crippen molar-refractivity contribution in [3.05, 3.63) is 60.8 Å². The first-order valence-corrected chi connectivity index (χ1v) is 10.0. The summed E-state index contributed by atoms with van der Waals surface area (Å²) in [4.78, 5) is 0. The monoisotopic (exact) mass is 354 g/mol. The Labute approximate surface area is 148 Å². The van der Waals surface area contributed by atoms with Crippen LogP contribution in [0.4, 0.5) is 5.69 Å². The van der Waals surface area contributed by atoms with Gasteiger partial charge in [-0.15, -0.1) is 0 Å². The summed E-state index contributed by atoms with van der Waals surface area (Å²) in [5, 5.41) is 1.09. The van der Waals surface area contributed by atoms with Gasteiger partial charge in [0.15, 0.2) is 0 Å². The number of nitrogens with zero attached hydrogens (tertiary/aromatic N) is 1. The Kier molecular flexibility index (Phi) is 4.43. The molecule has 0 spiro atoms. The van der Waals surface area contributed by atoms with E-state index >= 15 is 0 Å². The molecule has 3 aromatic rings. The number of nitrogens with one attached hydrogen (secondary N) is 1. The molecule has 5 heteroatoms. The van der Waals surface area contributed by atoms with Crippen molar-refractivity contribution < 1.29 is 8.42 Å². The Morgan fingerprint density at radius 1 is 1.16 bits per heavy atom. The quantitative estimate of drug-likeness (QED) is 0.708. The fourth-order valence-corrected chi connectivity index (χ4v) is 3.57. The van der Waals surface area contributed by atoms with E-state index in [1.807, 2.05) is 30.3 Å².